The van der Waals surface area contributed by atoms with Crippen LogP contribution in [0.4, 0.5) is 0 Å². The Hall–Kier alpha value is -0.300. The predicted octanol–water partition coefficient (Wildman–Crippen LogP) is 2.49. The lowest BCUT2D eigenvalue weighted by Gasteiger charge is -2.10. The van der Waals surface area contributed by atoms with Gasteiger partial charge < -0.3 is 5.32 Å². The number of hydrogen-bond donors (Lipinski definition) is 1. The molecule has 0 atom stereocenters. The van der Waals surface area contributed by atoms with E-state index in [0.717, 1.165) is 6.54 Å². The highest BCUT2D eigenvalue weighted by Crippen LogP contribution is 2.15. The molecule has 0 aliphatic heterocycles. The average Bonchev–Trinajstić information content (AvgIpc) is 1.94. The SMILES string of the molecule is CNCC1=CCCCCCC1. The molecule has 11 heavy (non-hydrogen) atoms. The van der Waals surface area contributed by atoms with E-state index in [-0.39, 0.29) is 0 Å². The highest BCUT2D eigenvalue weighted by molar-refractivity contribution is 5.04. The lowest BCUT2D eigenvalue weighted by molar-refractivity contribution is 0.614. The van der Waals surface area contributed by atoms with Crippen LogP contribution in [0.25, 0.3) is 0 Å². The van der Waals surface area contributed by atoms with Gasteiger partial charge in [-0.1, -0.05) is 24.5 Å². The Kier molecular flexibility index (Phi) is 4.29. The van der Waals surface area contributed by atoms with Gasteiger partial charge in [0.2, 0.25) is 0 Å². The molecular weight excluding hydrogens is 134 g/mol. The van der Waals surface area contributed by atoms with Crippen molar-refractivity contribution in [1.29, 1.82) is 0 Å². The number of likely N-dealkylation sites (N-methyl/N-ethyl adjacent to an activating group) is 1. The van der Waals surface area contributed by atoms with E-state index in [1.807, 2.05) is 7.05 Å². The molecule has 0 saturated heterocycles. The Morgan fingerprint density at radius 1 is 1.27 bits per heavy atom. The number of nitrogens with one attached hydrogen (secondary N) is 1. The molecule has 0 unspecified atom stereocenters. The van der Waals surface area contributed by atoms with E-state index in [0.29, 0.717) is 0 Å². The van der Waals surface area contributed by atoms with E-state index in [4.69, 9.17) is 0 Å². The van der Waals surface area contributed by atoms with Crippen molar-refractivity contribution in [3.8, 4) is 0 Å². The fourth-order valence-corrected chi connectivity index (χ4v) is 1.65. The van der Waals surface area contributed by atoms with E-state index in [1.54, 1.807) is 5.57 Å². The zero-order chi connectivity index (χ0) is 7.94. The van der Waals surface area contributed by atoms with Crippen LogP contribution in [-0.4, -0.2) is 13.6 Å². The standard InChI is InChI=1S/C10H19N/c1-11-9-10-7-5-3-2-4-6-8-10/h7,11H,2-6,8-9H2,1H3. The molecule has 0 fully saturated rings. The molecule has 0 heterocycles. The van der Waals surface area contributed by atoms with E-state index < -0.39 is 0 Å². The summed E-state index contributed by atoms with van der Waals surface area (Å²) < 4.78 is 0. The van der Waals surface area contributed by atoms with Gasteiger partial charge in [-0.25, -0.2) is 0 Å². The summed E-state index contributed by atoms with van der Waals surface area (Å²) in [5.74, 6) is 0. The van der Waals surface area contributed by atoms with Crippen LogP contribution < -0.4 is 5.32 Å². The smallest absolute Gasteiger partial charge is 0.0161 e. The molecule has 0 radical (unpaired) electrons. The molecule has 0 amide bonds. The molecule has 0 aromatic rings. The minimum absolute atomic E-state index is 1.10. The summed E-state index contributed by atoms with van der Waals surface area (Å²) in [6.07, 6.45) is 10.7. The van der Waals surface area contributed by atoms with E-state index in [9.17, 15) is 0 Å². The minimum Gasteiger partial charge on any atom is -0.316 e. The van der Waals surface area contributed by atoms with E-state index in [2.05, 4.69) is 11.4 Å². The van der Waals surface area contributed by atoms with Gasteiger partial charge in [-0.3, -0.25) is 0 Å². The Labute approximate surface area is 69.9 Å². The van der Waals surface area contributed by atoms with Gasteiger partial charge in [-0.2, -0.15) is 0 Å². The normalized spacial score (nSPS) is 20.3. The highest BCUT2D eigenvalue weighted by Gasteiger charge is 1.99. The summed E-state index contributed by atoms with van der Waals surface area (Å²) in [6.45, 7) is 1.10. The van der Waals surface area contributed by atoms with Crippen molar-refractivity contribution >= 4 is 0 Å². The zero-order valence-corrected chi connectivity index (χ0v) is 7.53. The first-order chi connectivity index (χ1) is 5.43. The Balaban J connectivity index is 2.32. The van der Waals surface area contributed by atoms with Crippen molar-refractivity contribution in [3.63, 3.8) is 0 Å². The van der Waals surface area contributed by atoms with Crippen LogP contribution in [0.15, 0.2) is 11.6 Å². The first kappa shape index (κ1) is 8.79. The van der Waals surface area contributed by atoms with Gasteiger partial charge in [0.1, 0.15) is 0 Å². The maximum atomic E-state index is 3.22. The van der Waals surface area contributed by atoms with Crippen molar-refractivity contribution in [1.82, 2.24) is 5.32 Å². The van der Waals surface area contributed by atoms with Crippen molar-refractivity contribution in [2.24, 2.45) is 0 Å². The first-order valence-electron chi connectivity index (χ1n) is 4.76. The van der Waals surface area contributed by atoms with Crippen LogP contribution in [0.3, 0.4) is 0 Å². The Morgan fingerprint density at radius 3 is 2.91 bits per heavy atom. The molecule has 1 aliphatic carbocycles. The monoisotopic (exact) mass is 153 g/mol. The number of rotatable bonds is 2. The molecule has 0 spiro atoms. The third kappa shape index (κ3) is 3.57. The summed E-state index contributed by atoms with van der Waals surface area (Å²) >= 11 is 0. The minimum atomic E-state index is 1.10. The Morgan fingerprint density at radius 2 is 2.09 bits per heavy atom. The third-order valence-corrected chi connectivity index (χ3v) is 2.29. The van der Waals surface area contributed by atoms with Crippen molar-refractivity contribution in [2.75, 3.05) is 13.6 Å². The Bertz CT molecular complexity index is 127. The molecule has 1 heteroatoms. The topological polar surface area (TPSA) is 12.0 Å². The molecular formula is C10H19N. The number of allylic oxidation sites excluding steroid dienone is 1. The average molecular weight is 153 g/mol. The second-order valence-corrected chi connectivity index (χ2v) is 3.35. The summed E-state index contributed by atoms with van der Waals surface area (Å²) in [5, 5.41) is 3.22. The van der Waals surface area contributed by atoms with Crippen molar-refractivity contribution in [2.45, 2.75) is 38.5 Å². The van der Waals surface area contributed by atoms with E-state index in [1.165, 1.54) is 38.5 Å². The largest absolute Gasteiger partial charge is 0.316 e. The first-order valence-corrected chi connectivity index (χ1v) is 4.76. The van der Waals surface area contributed by atoms with Gasteiger partial charge >= 0.3 is 0 Å². The highest BCUT2D eigenvalue weighted by atomic mass is 14.8. The van der Waals surface area contributed by atoms with Gasteiger partial charge in [0.15, 0.2) is 0 Å². The van der Waals surface area contributed by atoms with Crippen LogP contribution >= 0.6 is 0 Å². The zero-order valence-electron chi connectivity index (χ0n) is 7.53. The molecule has 1 aliphatic rings. The maximum absolute atomic E-state index is 3.22. The molecule has 1 N–H and O–H groups in total. The van der Waals surface area contributed by atoms with Gasteiger partial charge in [-0.05, 0) is 32.7 Å². The molecule has 64 valence electrons. The van der Waals surface area contributed by atoms with Crippen LogP contribution in [0.5, 0.6) is 0 Å². The van der Waals surface area contributed by atoms with Crippen LogP contribution in [0.2, 0.25) is 0 Å². The van der Waals surface area contributed by atoms with Crippen LogP contribution in [0.1, 0.15) is 38.5 Å². The van der Waals surface area contributed by atoms with Gasteiger partial charge in [0.25, 0.3) is 0 Å². The van der Waals surface area contributed by atoms with Crippen LogP contribution in [-0.2, 0) is 0 Å². The second-order valence-electron chi connectivity index (χ2n) is 3.35. The summed E-state index contributed by atoms with van der Waals surface area (Å²) in [6, 6.07) is 0. The number of hydrogen-bond acceptors (Lipinski definition) is 1. The fraction of sp³-hybridized carbons (Fsp3) is 0.800. The summed E-state index contributed by atoms with van der Waals surface area (Å²) in [7, 11) is 2.03. The quantitative estimate of drug-likeness (QED) is 0.601. The molecule has 0 bridgehead atoms. The maximum Gasteiger partial charge on any atom is 0.0161 e. The fourth-order valence-electron chi connectivity index (χ4n) is 1.65. The summed E-state index contributed by atoms with van der Waals surface area (Å²) in [5.41, 5.74) is 1.62. The molecule has 0 saturated carbocycles. The third-order valence-electron chi connectivity index (χ3n) is 2.29. The van der Waals surface area contributed by atoms with Crippen LogP contribution in [0, 0.1) is 0 Å². The lowest BCUT2D eigenvalue weighted by Crippen LogP contribution is -2.11. The molecule has 0 aromatic carbocycles. The molecule has 0 aromatic heterocycles. The second kappa shape index (κ2) is 5.36. The van der Waals surface area contributed by atoms with Gasteiger partial charge in [0, 0.05) is 6.54 Å². The lowest BCUT2D eigenvalue weighted by atomic mass is 10.0. The predicted molar refractivity (Wildman–Crippen MR) is 49.7 cm³/mol. The van der Waals surface area contributed by atoms with Gasteiger partial charge in [-0.15, -0.1) is 0 Å². The van der Waals surface area contributed by atoms with E-state index >= 15 is 0 Å². The van der Waals surface area contributed by atoms with Crippen molar-refractivity contribution in [3.05, 3.63) is 11.6 Å². The molecule has 1 rings (SSSR count). The summed E-state index contributed by atoms with van der Waals surface area (Å²) in [4.78, 5) is 0. The van der Waals surface area contributed by atoms with Gasteiger partial charge in [0.05, 0.1) is 0 Å². The van der Waals surface area contributed by atoms with Crippen molar-refractivity contribution < 1.29 is 0 Å². The molecule has 1 nitrogen and oxygen atoms in total.